The first-order chi connectivity index (χ1) is 14.2. The number of phenols is 1. The Labute approximate surface area is 171 Å². The highest BCUT2D eigenvalue weighted by molar-refractivity contribution is 7.25. The summed E-state index contributed by atoms with van der Waals surface area (Å²) in [5, 5.41) is 11.7. The first kappa shape index (κ1) is 17.0. The molecule has 5 nitrogen and oxygen atoms in total. The van der Waals surface area contributed by atoms with Crippen LogP contribution in [0.3, 0.4) is 0 Å². The van der Waals surface area contributed by atoms with Crippen LogP contribution in [0.15, 0.2) is 41.2 Å². The van der Waals surface area contributed by atoms with Gasteiger partial charge in [0.15, 0.2) is 0 Å². The molecule has 0 spiro atoms. The van der Waals surface area contributed by atoms with E-state index >= 15 is 0 Å². The third kappa shape index (κ3) is 2.59. The summed E-state index contributed by atoms with van der Waals surface area (Å²) in [7, 11) is 1.68. The SMILES string of the molecule is COc1ccc(-c2nc3sc4c(O)cccc4c3c(=O)n2C2CC2)c(C2CC2)c1. The van der Waals surface area contributed by atoms with Gasteiger partial charge in [-0.25, -0.2) is 4.98 Å². The maximum atomic E-state index is 13.6. The number of aromatic nitrogens is 2. The highest BCUT2D eigenvalue weighted by Gasteiger charge is 2.33. The quantitative estimate of drug-likeness (QED) is 0.507. The van der Waals surface area contributed by atoms with Crippen LogP contribution in [-0.4, -0.2) is 21.8 Å². The van der Waals surface area contributed by atoms with E-state index in [9.17, 15) is 9.90 Å². The van der Waals surface area contributed by atoms with Crippen LogP contribution in [0.1, 0.15) is 43.2 Å². The van der Waals surface area contributed by atoms with E-state index < -0.39 is 0 Å². The number of hydrogen-bond donors (Lipinski definition) is 1. The minimum absolute atomic E-state index is 0.00177. The number of methoxy groups -OCH3 is 1. The van der Waals surface area contributed by atoms with Crippen LogP contribution in [0.25, 0.3) is 31.7 Å². The van der Waals surface area contributed by atoms with E-state index in [0.29, 0.717) is 16.1 Å². The molecule has 6 rings (SSSR count). The normalized spacial score (nSPS) is 16.6. The van der Waals surface area contributed by atoms with Gasteiger partial charge in [-0.15, -0.1) is 11.3 Å². The van der Waals surface area contributed by atoms with Gasteiger partial charge in [-0.05, 0) is 61.4 Å². The summed E-state index contributed by atoms with van der Waals surface area (Å²) in [6.07, 6.45) is 4.32. The van der Waals surface area contributed by atoms with Crippen molar-refractivity contribution in [2.75, 3.05) is 7.11 Å². The van der Waals surface area contributed by atoms with Gasteiger partial charge in [0.1, 0.15) is 22.2 Å². The molecule has 2 aromatic carbocycles. The summed E-state index contributed by atoms with van der Waals surface area (Å²) in [6, 6.07) is 11.6. The Morgan fingerprint density at radius 1 is 1.17 bits per heavy atom. The molecule has 0 unspecified atom stereocenters. The van der Waals surface area contributed by atoms with Crippen LogP contribution < -0.4 is 10.3 Å². The summed E-state index contributed by atoms with van der Waals surface area (Å²) in [6.45, 7) is 0. The number of ether oxygens (including phenoxy) is 1. The van der Waals surface area contributed by atoms with E-state index in [1.54, 1.807) is 19.2 Å². The molecule has 2 fully saturated rings. The van der Waals surface area contributed by atoms with Gasteiger partial charge >= 0.3 is 0 Å². The van der Waals surface area contributed by atoms with Gasteiger partial charge in [0.05, 0.1) is 17.2 Å². The van der Waals surface area contributed by atoms with Gasteiger partial charge in [-0.2, -0.15) is 0 Å². The smallest absolute Gasteiger partial charge is 0.263 e. The zero-order valence-corrected chi connectivity index (χ0v) is 16.8. The summed E-state index contributed by atoms with van der Waals surface area (Å²) in [5.74, 6) is 2.30. The van der Waals surface area contributed by atoms with E-state index in [0.717, 1.165) is 52.9 Å². The Hall–Kier alpha value is -2.86. The molecule has 29 heavy (non-hydrogen) atoms. The monoisotopic (exact) mass is 404 g/mol. The Morgan fingerprint density at radius 3 is 2.72 bits per heavy atom. The second-order valence-corrected chi connectivity index (χ2v) is 9.00. The molecule has 6 heteroatoms. The van der Waals surface area contributed by atoms with Crippen LogP contribution in [0, 0.1) is 0 Å². The molecule has 2 aromatic heterocycles. The van der Waals surface area contributed by atoms with Crippen molar-refractivity contribution in [3.63, 3.8) is 0 Å². The highest BCUT2D eigenvalue weighted by atomic mass is 32.1. The zero-order valence-electron chi connectivity index (χ0n) is 16.0. The average Bonchev–Trinajstić information content (AvgIpc) is 3.64. The summed E-state index contributed by atoms with van der Waals surface area (Å²) < 4.78 is 8.07. The highest BCUT2D eigenvalue weighted by Crippen LogP contribution is 2.47. The first-order valence-electron chi connectivity index (χ1n) is 10.0. The molecule has 2 heterocycles. The van der Waals surface area contributed by atoms with Crippen molar-refractivity contribution in [3.8, 4) is 22.9 Å². The van der Waals surface area contributed by atoms with E-state index in [2.05, 4.69) is 6.07 Å². The van der Waals surface area contributed by atoms with Gasteiger partial charge in [-0.1, -0.05) is 12.1 Å². The second kappa shape index (κ2) is 6.07. The van der Waals surface area contributed by atoms with Gasteiger partial charge in [0.25, 0.3) is 5.56 Å². The molecule has 2 aliphatic carbocycles. The molecule has 0 bridgehead atoms. The molecule has 0 aliphatic heterocycles. The lowest BCUT2D eigenvalue weighted by Gasteiger charge is -2.16. The van der Waals surface area contributed by atoms with E-state index in [1.165, 1.54) is 16.9 Å². The van der Waals surface area contributed by atoms with Crippen molar-refractivity contribution in [3.05, 3.63) is 52.3 Å². The Bertz CT molecular complexity index is 1350. The van der Waals surface area contributed by atoms with Crippen molar-refractivity contribution >= 4 is 31.6 Å². The molecule has 1 N–H and O–H groups in total. The fraction of sp³-hybridized carbons (Fsp3) is 0.304. The van der Waals surface area contributed by atoms with E-state index in [-0.39, 0.29) is 17.4 Å². The van der Waals surface area contributed by atoms with Crippen LogP contribution in [0.4, 0.5) is 0 Å². The molecule has 2 saturated carbocycles. The van der Waals surface area contributed by atoms with Gasteiger partial charge in [0, 0.05) is 17.0 Å². The third-order valence-electron chi connectivity index (χ3n) is 5.97. The Balaban J connectivity index is 1.69. The molecular weight excluding hydrogens is 384 g/mol. The van der Waals surface area contributed by atoms with Crippen LogP contribution >= 0.6 is 11.3 Å². The number of thiophene rings is 1. The number of rotatable bonds is 4. The van der Waals surface area contributed by atoms with Crippen LogP contribution in [-0.2, 0) is 0 Å². The molecular formula is C23H20N2O3S. The number of aromatic hydroxyl groups is 1. The molecule has 0 atom stereocenters. The van der Waals surface area contributed by atoms with Gasteiger partial charge < -0.3 is 9.84 Å². The number of benzene rings is 2. The van der Waals surface area contributed by atoms with Crippen molar-refractivity contribution in [2.45, 2.75) is 37.6 Å². The first-order valence-corrected chi connectivity index (χ1v) is 10.8. The molecule has 0 saturated heterocycles. The standard InChI is InChI=1S/C23H20N2O3S/c1-28-14-9-10-15(17(11-14)12-5-6-12)21-24-22-19(23(27)25(21)13-7-8-13)16-3-2-4-18(26)20(16)29-22/h2-4,9-13,26H,5-8H2,1H3. The van der Waals surface area contributed by atoms with Gasteiger partial charge in [-0.3, -0.25) is 9.36 Å². The van der Waals surface area contributed by atoms with Crippen molar-refractivity contribution < 1.29 is 9.84 Å². The zero-order chi connectivity index (χ0) is 19.7. The lowest BCUT2D eigenvalue weighted by atomic mass is 10.0. The summed E-state index contributed by atoms with van der Waals surface area (Å²) in [5.41, 5.74) is 2.25. The Kier molecular flexibility index (Phi) is 3.56. The minimum atomic E-state index is 0.00177. The third-order valence-corrected chi connectivity index (χ3v) is 7.10. The average molecular weight is 404 g/mol. The number of hydrogen-bond acceptors (Lipinski definition) is 5. The largest absolute Gasteiger partial charge is 0.506 e. The van der Waals surface area contributed by atoms with Crippen molar-refractivity contribution in [1.29, 1.82) is 0 Å². The Morgan fingerprint density at radius 2 is 2.00 bits per heavy atom. The molecule has 2 aliphatic rings. The maximum Gasteiger partial charge on any atom is 0.263 e. The second-order valence-electron chi connectivity index (χ2n) is 8.01. The van der Waals surface area contributed by atoms with E-state index in [4.69, 9.17) is 9.72 Å². The number of fused-ring (bicyclic) bond motifs is 3. The molecule has 0 radical (unpaired) electrons. The van der Waals surface area contributed by atoms with Crippen LogP contribution in [0.5, 0.6) is 11.5 Å². The lowest BCUT2D eigenvalue weighted by Crippen LogP contribution is -2.22. The summed E-state index contributed by atoms with van der Waals surface area (Å²) in [4.78, 5) is 19.3. The topological polar surface area (TPSA) is 64.3 Å². The predicted octanol–water partition coefficient (Wildman–Crippen LogP) is 5.20. The number of phenolic OH excluding ortho intramolecular Hbond substituents is 1. The van der Waals surface area contributed by atoms with Crippen molar-refractivity contribution in [2.24, 2.45) is 0 Å². The molecule has 146 valence electrons. The van der Waals surface area contributed by atoms with Gasteiger partial charge in [0.2, 0.25) is 0 Å². The molecule has 0 amide bonds. The minimum Gasteiger partial charge on any atom is -0.506 e. The fourth-order valence-corrected chi connectivity index (χ4v) is 5.29. The maximum absolute atomic E-state index is 13.6. The number of nitrogens with zero attached hydrogens (tertiary/aromatic N) is 2. The lowest BCUT2D eigenvalue weighted by molar-refractivity contribution is 0.414. The summed E-state index contributed by atoms with van der Waals surface area (Å²) >= 11 is 1.39. The van der Waals surface area contributed by atoms with Crippen molar-refractivity contribution in [1.82, 2.24) is 9.55 Å². The fourth-order valence-electron chi connectivity index (χ4n) is 4.21. The molecule has 4 aromatic rings. The van der Waals surface area contributed by atoms with Crippen LogP contribution in [0.2, 0.25) is 0 Å². The predicted molar refractivity (Wildman–Crippen MR) is 115 cm³/mol. The van der Waals surface area contributed by atoms with E-state index in [1.807, 2.05) is 22.8 Å².